The number of ether oxygens (including phenoxy) is 1. The second-order valence-corrected chi connectivity index (χ2v) is 6.35. The predicted octanol–water partition coefficient (Wildman–Crippen LogP) is 2.91. The lowest BCUT2D eigenvalue weighted by Crippen LogP contribution is -2.07. The van der Waals surface area contributed by atoms with Crippen LogP contribution in [0.5, 0.6) is 5.75 Å². The van der Waals surface area contributed by atoms with Crippen molar-refractivity contribution in [2.24, 2.45) is 0 Å². The van der Waals surface area contributed by atoms with Crippen molar-refractivity contribution >= 4 is 22.7 Å². The van der Waals surface area contributed by atoms with Gasteiger partial charge in [0.05, 0.1) is 23.5 Å². The van der Waals surface area contributed by atoms with E-state index in [2.05, 4.69) is 25.6 Å². The summed E-state index contributed by atoms with van der Waals surface area (Å²) in [6, 6.07) is 9.80. The maximum absolute atomic E-state index is 5.21. The standard InChI is InChI=1S/C17H16N6OS/c1-24-13-4-2-12(3-5-13)14-10-15(17-21-20-11-23(17)22-14)18-7-6-16-19-8-9-25-16/h2-5,8-11,18H,6-7H2,1H3. The summed E-state index contributed by atoms with van der Waals surface area (Å²) < 4.78 is 6.90. The Morgan fingerprint density at radius 1 is 1.24 bits per heavy atom. The van der Waals surface area contributed by atoms with Gasteiger partial charge in [-0.1, -0.05) is 0 Å². The van der Waals surface area contributed by atoms with E-state index < -0.39 is 0 Å². The number of nitrogens with one attached hydrogen (secondary N) is 1. The van der Waals surface area contributed by atoms with Crippen LogP contribution in [0.3, 0.4) is 0 Å². The van der Waals surface area contributed by atoms with Gasteiger partial charge in [-0.05, 0) is 30.3 Å². The molecule has 0 unspecified atom stereocenters. The largest absolute Gasteiger partial charge is 0.497 e. The molecule has 0 aliphatic heterocycles. The molecule has 0 aliphatic carbocycles. The third kappa shape index (κ3) is 3.29. The van der Waals surface area contributed by atoms with Gasteiger partial charge in [-0.15, -0.1) is 21.5 Å². The molecule has 8 heteroatoms. The second kappa shape index (κ2) is 6.86. The van der Waals surface area contributed by atoms with Crippen LogP contribution in [0.1, 0.15) is 5.01 Å². The van der Waals surface area contributed by atoms with Crippen LogP contribution in [0, 0.1) is 0 Å². The minimum atomic E-state index is 0.705. The summed E-state index contributed by atoms with van der Waals surface area (Å²) in [5.74, 6) is 0.816. The molecule has 0 fully saturated rings. The normalized spacial score (nSPS) is 10.9. The van der Waals surface area contributed by atoms with Crippen molar-refractivity contribution in [2.75, 3.05) is 19.0 Å². The van der Waals surface area contributed by atoms with E-state index in [0.717, 1.165) is 40.7 Å². The molecule has 0 radical (unpaired) electrons. The second-order valence-electron chi connectivity index (χ2n) is 5.37. The van der Waals surface area contributed by atoms with E-state index in [-0.39, 0.29) is 0 Å². The number of anilines is 1. The lowest BCUT2D eigenvalue weighted by atomic mass is 10.1. The topological polar surface area (TPSA) is 77.2 Å². The van der Waals surface area contributed by atoms with Gasteiger partial charge >= 0.3 is 0 Å². The summed E-state index contributed by atoms with van der Waals surface area (Å²) in [5, 5.41) is 19.2. The van der Waals surface area contributed by atoms with Gasteiger partial charge < -0.3 is 10.1 Å². The highest BCUT2D eigenvalue weighted by Crippen LogP contribution is 2.25. The molecule has 3 aromatic heterocycles. The molecule has 4 rings (SSSR count). The van der Waals surface area contributed by atoms with Crippen molar-refractivity contribution in [1.29, 1.82) is 0 Å². The summed E-state index contributed by atoms with van der Waals surface area (Å²) in [6.45, 7) is 0.766. The Kier molecular flexibility index (Phi) is 4.26. The first-order chi connectivity index (χ1) is 12.3. The highest BCUT2D eigenvalue weighted by Gasteiger charge is 2.10. The average Bonchev–Trinajstić information content (AvgIpc) is 3.33. The number of fused-ring (bicyclic) bond motifs is 1. The highest BCUT2D eigenvalue weighted by molar-refractivity contribution is 7.09. The Hall–Kier alpha value is -3.00. The molecule has 0 amide bonds. The maximum Gasteiger partial charge on any atom is 0.200 e. The third-order valence-corrected chi connectivity index (χ3v) is 4.63. The van der Waals surface area contributed by atoms with Crippen molar-refractivity contribution < 1.29 is 4.74 Å². The molecular weight excluding hydrogens is 336 g/mol. The molecular formula is C17H16N6OS. The molecule has 4 aromatic rings. The predicted molar refractivity (Wildman–Crippen MR) is 97.1 cm³/mol. The number of nitrogens with zero attached hydrogens (tertiary/aromatic N) is 5. The smallest absolute Gasteiger partial charge is 0.200 e. The fourth-order valence-corrected chi connectivity index (χ4v) is 3.16. The minimum Gasteiger partial charge on any atom is -0.497 e. The molecule has 7 nitrogen and oxygen atoms in total. The van der Waals surface area contributed by atoms with Crippen LogP contribution in [-0.2, 0) is 6.42 Å². The van der Waals surface area contributed by atoms with Crippen LogP contribution in [0.2, 0.25) is 0 Å². The molecule has 0 atom stereocenters. The minimum absolute atomic E-state index is 0.705. The van der Waals surface area contributed by atoms with Crippen LogP contribution in [0.4, 0.5) is 5.69 Å². The van der Waals surface area contributed by atoms with Crippen molar-refractivity contribution in [3.63, 3.8) is 0 Å². The molecule has 0 bridgehead atoms. The van der Waals surface area contributed by atoms with E-state index in [0.29, 0.717) is 5.65 Å². The first-order valence-electron chi connectivity index (χ1n) is 7.81. The Morgan fingerprint density at radius 3 is 2.88 bits per heavy atom. The van der Waals surface area contributed by atoms with Crippen LogP contribution in [-0.4, -0.2) is 38.4 Å². The van der Waals surface area contributed by atoms with Crippen molar-refractivity contribution in [1.82, 2.24) is 24.8 Å². The van der Waals surface area contributed by atoms with Crippen LogP contribution < -0.4 is 10.1 Å². The van der Waals surface area contributed by atoms with Crippen molar-refractivity contribution in [3.05, 3.63) is 53.2 Å². The Morgan fingerprint density at radius 2 is 2.12 bits per heavy atom. The zero-order valence-electron chi connectivity index (χ0n) is 13.6. The third-order valence-electron chi connectivity index (χ3n) is 3.79. The highest BCUT2D eigenvalue weighted by atomic mass is 32.1. The van der Waals surface area contributed by atoms with Gasteiger partial charge in [0.15, 0.2) is 0 Å². The molecule has 126 valence electrons. The summed E-state index contributed by atoms with van der Waals surface area (Å²) in [6.07, 6.45) is 4.29. The van der Waals surface area contributed by atoms with Crippen LogP contribution >= 0.6 is 11.3 Å². The number of hydrogen-bond acceptors (Lipinski definition) is 7. The summed E-state index contributed by atoms with van der Waals surface area (Å²) in [5.41, 5.74) is 3.44. The maximum atomic E-state index is 5.21. The monoisotopic (exact) mass is 352 g/mol. The van der Waals surface area contributed by atoms with Gasteiger partial charge in [-0.3, -0.25) is 0 Å². The number of methoxy groups -OCH3 is 1. The molecule has 0 spiro atoms. The molecule has 1 N–H and O–H groups in total. The van der Waals surface area contributed by atoms with E-state index in [1.807, 2.05) is 41.9 Å². The van der Waals surface area contributed by atoms with Gasteiger partial charge in [0, 0.05) is 30.1 Å². The average molecular weight is 352 g/mol. The number of aromatic nitrogens is 5. The molecule has 0 saturated carbocycles. The number of rotatable bonds is 6. The SMILES string of the molecule is COc1ccc(-c2cc(NCCc3nccs3)c3nncn3n2)cc1. The molecule has 0 aliphatic rings. The number of hydrogen-bond donors (Lipinski definition) is 1. The zero-order valence-corrected chi connectivity index (χ0v) is 14.4. The molecule has 1 aromatic carbocycles. The van der Waals surface area contributed by atoms with E-state index in [9.17, 15) is 0 Å². The van der Waals surface area contributed by atoms with Crippen molar-refractivity contribution in [2.45, 2.75) is 6.42 Å². The van der Waals surface area contributed by atoms with Gasteiger partial charge in [0.25, 0.3) is 0 Å². The zero-order chi connectivity index (χ0) is 17.1. The van der Waals surface area contributed by atoms with Crippen LogP contribution in [0.25, 0.3) is 16.9 Å². The Balaban J connectivity index is 1.61. The summed E-state index contributed by atoms with van der Waals surface area (Å²) in [7, 11) is 1.65. The van der Waals surface area contributed by atoms with E-state index in [1.165, 1.54) is 0 Å². The fraction of sp³-hybridized carbons (Fsp3) is 0.176. The molecule has 3 heterocycles. The quantitative estimate of drug-likeness (QED) is 0.575. The van der Waals surface area contributed by atoms with Crippen LogP contribution in [0.15, 0.2) is 48.2 Å². The number of thiazole rings is 1. The van der Waals surface area contributed by atoms with Gasteiger partial charge in [0.1, 0.15) is 12.1 Å². The molecule has 25 heavy (non-hydrogen) atoms. The Bertz CT molecular complexity index is 965. The van der Waals surface area contributed by atoms with E-state index in [1.54, 1.807) is 29.3 Å². The molecule has 0 saturated heterocycles. The summed E-state index contributed by atoms with van der Waals surface area (Å²) in [4.78, 5) is 4.30. The fourth-order valence-electron chi connectivity index (χ4n) is 2.54. The van der Waals surface area contributed by atoms with Gasteiger partial charge in [0.2, 0.25) is 5.65 Å². The first-order valence-corrected chi connectivity index (χ1v) is 8.69. The lowest BCUT2D eigenvalue weighted by Gasteiger charge is -2.09. The van der Waals surface area contributed by atoms with E-state index >= 15 is 0 Å². The first kappa shape index (κ1) is 15.5. The Labute approximate surface area is 148 Å². The van der Waals surface area contributed by atoms with Gasteiger partial charge in [-0.2, -0.15) is 9.61 Å². The van der Waals surface area contributed by atoms with E-state index in [4.69, 9.17) is 4.74 Å². The summed E-state index contributed by atoms with van der Waals surface area (Å²) >= 11 is 1.66. The number of benzene rings is 1. The van der Waals surface area contributed by atoms with Gasteiger partial charge in [-0.25, -0.2) is 4.98 Å². The lowest BCUT2D eigenvalue weighted by molar-refractivity contribution is 0.415. The van der Waals surface area contributed by atoms with Crippen molar-refractivity contribution in [3.8, 4) is 17.0 Å².